The summed E-state index contributed by atoms with van der Waals surface area (Å²) in [6, 6.07) is 24.2. The number of guanidine groups is 1. The number of benzene rings is 4. The molecule has 1 N–H and O–H groups in total. The van der Waals surface area contributed by atoms with Crippen LogP contribution in [0.25, 0.3) is 22.5 Å². The van der Waals surface area contributed by atoms with Gasteiger partial charge in [-0.3, -0.25) is 19.9 Å². The van der Waals surface area contributed by atoms with E-state index < -0.39 is 67.3 Å². The van der Waals surface area contributed by atoms with Crippen LogP contribution in [0.1, 0.15) is 62.0 Å². The number of halogens is 5. The number of carbonyl (C=O) groups excluding carboxylic acids is 3. The molecule has 0 saturated carbocycles. The molecule has 21 heteroatoms. The number of methoxy groups -OCH3 is 2. The molecule has 0 radical (unpaired) electrons. The Kier molecular flexibility index (Phi) is 13.9. The molecule has 2 aromatic heterocycles. The first-order chi connectivity index (χ1) is 33.3. The van der Waals surface area contributed by atoms with Crippen LogP contribution >= 0.6 is 11.6 Å². The molecule has 1 saturated heterocycles. The van der Waals surface area contributed by atoms with E-state index in [2.05, 4.69) is 20.5 Å². The van der Waals surface area contributed by atoms with Gasteiger partial charge in [-0.1, -0.05) is 93.0 Å². The fourth-order valence-electron chi connectivity index (χ4n) is 8.29. The summed E-state index contributed by atoms with van der Waals surface area (Å²) in [5.41, 5.74) is 0.943. The third kappa shape index (κ3) is 10.7. The summed E-state index contributed by atoms with van der Waals surface area (Å²) in [7, 11) is 3.08. The molecule has 1 fully saturated rings. The normalized spacial score (nSPS) is 17.0. The van der Waals surface area contributed by atoms with Gasteiger partial charge in [-0.2, -0.15) is 19.0 Å². The fourth-order valence-corrected chi connectivity index (χ4v) is 8.49. The number of rotatable bonds is 15. The lowest BCUT2D eigenvalue weighted by atomic mass is 9.75. The van der Waals surface area contributed by atoms with Crippen LogP contribution < -0.4 is 14.8 Å². The number of aliphatic imine (C=N–C) groups is 1. The molecule has 2 aliphatic heterocycles. The van der Waals surface area contributed by atoms with Crippen molar-refractivity contribution in [2.24, 2.45) is 10.4 Å². The average molecular weight is 986 g/mol. The highest BCUT2D eigenvalue weighted by molar-refractivity contribution is 6.33. The second kappa shape index (κ2) is 19.9. The molecule has 3 amide bonds. The standard InChI is InChI=1S/C49H48ClF4N9O7/c1-47(2,3)26-49(35-15-11-31(12-16-35)34-21-56-62(23-34)43(51)52)42(64)63(44(58-49)57-45(65)69-24-30-9-7-6-8-10-30)39(25-70-46(66)60-27-48(53,54)28-60)32-14-18-38(50)37(19-32)41-55-29-61(59-41)22-33-13-17-36(67-4)20-40(33)68-5/h6-21,23,29,39,43H,22,24-28H2,1-5H3,(H,57,58,65). The Bertz CT molecular complexity index is 2900. The molecule has 0 spiro atoms. The zero-order chi connectivity index (χ0) is 50.0. The maximum absolute atomic E-state index is 15.7. The lowest BCUT2D eigenvalue weighted by Crippen LogP contribution is -2.58. The highest BCUT2D eigenvalue weighted by atomic mass is 35.5. The van der Waals surface area contributed by atoms with Gasteiger partial charge in [0.2, 0.25) is 5.96 Å². The maximum atomic E-state index is 15.7. The number of alkyl halides is 4. The molecule has 70 heavy (non-hydrogen) atoms. The van der Waals surface area contributed by atoms with Gasteiger partial charge in [0.15, 0.2) is 11.4 Å². The predicted octanol–water partition coefficient (Wildman–Crippen LogP) is 9.51. The monoisotopic (exact) mass is 985 g/mol. The van der Waals surface area contributed by atoms with Crippen molar-refractivity contribution in [2.45, 2.75) is 64.4 Å². The van der Waals surface area contributed by atoms with Gasteiger partial charge in [-0.15, -0.1) is 0 Å². The number of ether oxygens (including phenoxy) is 4. The molecule has 4 heterocycles. The SMILES string of the molecule is COc1ccc(Cn2cnc(-c3cc(C(COC(=O)N4CC(F)(F)C4)N4C(=O)C(CC(C)(C)C)(c5ccc(-c6cnn(C(F)F)c6)cc5)N=C4NC(=O)OCc4ccccc4)ccc3Cl)n2)c(OC)c1. The van der Waals surface area contributed by atoms with E-state index in [0.29, 0.717) is 49.6 Å². The number of hydrogen-bond donors (Lipinski definition) is 1. The third-order valence-electron chi connectivity index (χ3n) is 11.6. The topological polar surface area (TPSA) is 168 Å². The molecule has 0 aliphatic carbocycles. The Balaban J connectivity index is 1.21. The van der Waals surface area contributed by atoms with Crippen molar-refractivity contribution in [1.29, 1.82) is 0 Å². The van der Waals surface area contributed by atoms with Crippen molar-refractivity contribution in [3.63, 3.8) is 0 Å². The minimum Gasteiger partial charge on any atom is -0.497 e. The van der Waals surface area contributed by atoms with E-state index in [4.69, 9.17) is 35.5 Å². The third-order valence-corrected chi connectivity index (χ3v) is 11.9. The molecule has 16 nitrogen and oxygen atoms in total. The van der Waals surface area contributed by atoms with Gasteiger partial charge >= 0.3 is 18.7 Å². The van der Waals surface area contributed by atoms with E-state index in [1.54, 1.807) is 90.7 Å². The first-order valence-electron chi connectivity index (χ1n) is 21.9. The Morgan fingerprint density at radius 3 is 2.31 bits per heavy atom. The van der Waals surface area contributed by atoms with Gasteiger partial charge in [0.1, 0.15) is 31.0 Å². The number of carbonyl (C=O) groups is 3. The number of amides is 3. The first kappa shape index (κ1) is 49.0. The second-order valence-electron chi connectivity index (χ2n) is 17.9. The quantitative estimate of drug-likeness (QED) is 0.0979. The zero-order valence-electron chi connectivity index (χ0n) is 38.6. The van der Waals surface area contributed by atoms with Crippen molar-refractivity contribution in [1.82, 2.24) is 39.7 Å². The van der Waals surface area contributed by atoms with Crippen LogP contribution in [0.4, 0.5) is 27.2 Å². The molecule has 8 rings (SSSR count). The first-order valence-corrected chi connectivity index (χ1v) is 22.3. The molecule has 366 valence electrons. The van der Waals surface area contributed by atoms with Crippen LogP contribution in [0.2, 0.25) is 5.02 Å². The van der Waals surface area contributed by atoms with Gasteiger partial charge in [0.05, 0.1) is 51.1 Å². The van der Waals surface area contributed by atoms with Crippen molar-refractivity contribution < 1.29 is 50.9 Å². The smallest absolute Gasteiger partial charge is 0.414 e. The summed E-state index contributed by atoms with van der Waals surface area (Å²) in [6.07, 6.45) is 2.01. The van der Waals surface area contributed by atoms with Crippen LogP contribution in [0, 0.1) is 5.41 Å². The molecule has 0 bridgehead atoms. The summed E-state index contributed by atoms with van der Waals surface area (Å²) in [4.78, 5) is 54.5. The largest absolute Gasteiger partial charge is 0.497 e. The number of alkyl carbamates (subject to hydrolysis) is 1. The van der Waals surface area contributed by atoms with Crippen molar-refractivity contribution >= 4 is 35.7 Å². The Morgan fingerprint density at radius 1 is 0.914 bits per heavy atom. The van der Waals surface area contributed by atoms with Gasteiger partial charge in [-0.25, -0.2) is 37.7 Å². The van der Waals surface area contributed by atoms with E-state index in [0.717, 1.165) is 10.5 Å². The molecule has 6 aromatic rings. The van der Waals surface area contributed by atoms with E-state index >= 15 is 4.79 Å². The van der Waals surface area contributed by atoms with Crippen molar-refractivity contribution in [3.8, 4) is 34.0 Å². The Hall–Kier alpha value is -7.48. The molecule has 4 aromatic carbocycles. The van der Waals surface area contributed by atoms with Crippen molar-refractivity contribution in [2.75, 3.05) is 33.9 Å². The predicted molar refractivity (Wildman–Crippen MR) is 248 cm³/mol. The number of likely N-dealkylation sites (tertiary alicyclic amines) is 1. The number of nitrogens with one attached hydrogen (secondary N) is 1. The lowest BCUT2D eigenvalue weighted by molar-refractivity contribution is -0.135. The van der Waals surface area contributed by atoms with Gasteiger partial charge in [0.25, 0.3) is 11.8 Å². The Labute approximate surface area is 404 Å². The fraction of sp³-hybridized carbons (Fsp3) is 0.327. The maximum Gasteiger partial charge on any atom is 0.414 e. The van der Waals surface area contributed by atoms with Crippen LogP contribution in [0.5, 0.6) is 11.5 Å². The Morgan fingerprint density at radius 2 is 1.66 bits per heavy atom. The molecular weight excluding hydrogens is 938 g/mol. The van der Waals surface area contributed by atoms with E-state index in [-0.39, 0.29) is 36.4 Å². The second-order valence-corrected chi connectivity index (χ2v) is 18.4. The number of nitrogens with zero attached hydrogens (tertiary/aromatic N) is 8. The number of hydrogen-bond acceptors (Lipinski definition) is 11. The lowest BCUT2D eigenvalue weighted by Gasteiger charge is -2.38. The average Bonchev–Trinajstić information content (AvgIpc) is 4.07. The van der Waals surface area contributed by atoms with E-state index in [9.17, 15) is 27.2 Å². The summed E-state index contributed by atoms with van der Waals surface area (Å²) < 4.78 is 79.2. The van der Waals surface area contributed by atoms with E-state index in [1.807, 2.05) is 32.9 Å². The van der Waals surface area contributed by atoms with Gasteiger partial charge < -0.3 is 18.9 Å². The summed E-state index contributed by atoms with van der Waals surface area (Å²) in [6.45, 7) is 0.603. The zero-order valence-corrected chi connectivity index (χ0v) is 39.4. The summed E-state index contributed by atoms with van der Waals surface area (Å²) >= 11 is 6.84. The molecular formula is C49H48ClF4N9O7. The number of aromatic nitrogens is 5. The highest BCUT2D eigenvalue weighted by Gasteiger charge is 2.55. The van der Waals surface area contributed by atoms with Crippen molar-refractivity contribution in [3.05, 3.63) is 137 Å². The molecule has 2 aliphatic rings. The van der Waals surface area contributed by atoms with Crippen LogP contribution in [-0.2, 0) is 33.0 Å². The van der Waals surface area contributed by atoms with Crippen LogP contribution in [0.15, 0.2) is 115 Å². The van der Waals surface area contributed by atoms with Gasteiger partial charge in [-0.05, 0) is 58.4 Å². The molecule has 2 unspecified atom stereocenters. The minimum atomic E-state index is -3.10. The molecule has 2 atom stereocenters. The summed E-state index contributed by atoms with van der Waals surface area (Å²) in [5.74, 6) is -2.70. The minimum absolute atomic E-state index is 0.0593. The van der Waals surface area contributed by atoms with E-state index in [1.165, 1.54) is 30.7 Å². The van der Waals surface area contributed by atoms with Gasteiger partial charge in [0, 0.05) is 29.0 Å². The highest BCUT2D eigenvalue weighted by Crippen LogP contribution is 2.46. The van der Waals surface area contributed by atoms with Crippen LogP contribution in [-0.4, -0.2) is 98.2 Å². The van der Waals surface area contributed by atoms with Crippen LogP contribution in [0.3, 0.4) is 0 Å². The summed E-state index contributed by atoms with van der Waals surface area (Å²) in [5, 5.41) is 11.3.